The molecule has 0 saturated heterocycles. The summed E-state index contributed by atoms with van der Waals surface area (Å²) in [7, 11) is 0. The fourth-order valence-corrected chi connectivity index (χ4v) is 1.78. The second-order valence-electron chi connectivity index (χ2n) is 3.47. The average Bonchev–Trinajstić information content (AvgIpc) is 2.98. The van der Waals surface area contributed by atoms with E-state index in [4.69, 9.17) is 5.26 Å². The van der Waals surface area contributed by atoms with Crippen molar-refractivity contribution in [2.75, 3.05) is 0 Å². The highest BCUT2D eigenvalue weighted by Crippen LogP contribution is 2.49. The largest absolute Gasteiger partial charge is 0.293 e. The van der Waals surface area contributed by atoms with Crippen LogP contribution in [-0.2, 0) is 5.41 Å². The number of nitrogens with zero attached hydrogens (tertiary/aromatic N) is 3. The minimum absolute atomic E-state index is 0.0802. The lowest BCUT2D eigenvalue weighted by atomic mass is 10.0. The van der Waals surface area contributed by atoms with E-state index in [9.17, 15) is 10.1 Å². The van der Waals surface area contributed by atoms with Crippen molar-refractivity contribution in [2.45, 2.75) is 18.3 Å². The zero-order chi connectivity index (χ0) is 11.1. The molecule has 0 bridgehead atoms. The SMILES string of the molecule is N#CC1(c2ncc(Br)cc2[N+](=O)[O-])CC1. The van der Waals surface area contributed by atoms with Crippen molar-refractivity contribution in [1.29, 1.82) is 5.26 Å². The van der Waals surface area contributed by atoms with Gasteiger partial charge in [-0.05, 0) is 28.8 Å². The molecule has 15 heavy (non-hydrogen) atoms. The van der Waals surface area contributed by atoms with Crippen LogP contribution in [-0.4, -0.2) is 9.91 Å². The van der Waals surface area contributed by atoms with Gasteiger partial charge in [-0.2, -0.15) is 5.26 Å². The molecule has 0 N–H and O–H groups in total. The van der Waals surface area contributed by atoms with Gasteiger partial charge in [0.25, 0.3) is 5.69 Å². The van der Waals surface area contributed by atoms with Crippen LogP contribution in [0.15, 0.2) is 16.7 Å². The van der Waals surface area contributed by atoms with Crippen LogP contribution in [0, 0.1) is 21.4 Å². The number of nitro groups is 1. The summed E-state index contributed by atoms with van der Waals surface area (Å²) >= 11 is 3.12. The first-order valence-corrected chi connectivity index (χ1v) is 5.10. The van der Waals surface area contributed by atoms with Crippen molar-refractivity contribution < 1.29 is 4.92 Å². The van der Waals surface area contributed by atoms with Gasteiger partial charge in [0, 0.05) is 16.7 Å². The summed E-state index contributed by atoms with van der Waals surface area (Å²) < 4.78 is 0.548. The molecule has 1 aromatic heterocycles. The van der Waals surface area contributed by atoms with E-state index in [-0.39, 0.29) is 5.69 Å². The maximum absolute atomic E-state index is 10.8. The van der Waals surface area contributed by atoms with Gasteiger partial charge in [0.05, 0.1) is 11.0 Å². The predicted molar refractivity (Wildman–Crippen MR) is 55.1 cm³/mol. The first kappa shape index (κ1) is 10.1. The Balaban J connectivity index is 2.57. The Bertz CT molecular complexity index is 477. The zero-order valence-electron chi connectivity index (χ0n) is 7.61. The van der Waals surface area contributed by atoms with Crippen LogP contribution in [0.1, 0.15) is 18.5 Å². The van der Waals surface area contributed by atoms with E-state index in [1.165, 1.54) is 12.3 Å². The fraction of sp³-hybridized carbons (Fsp3) is 0.333. The fourth-order valence-electron chi connectivity index (χ4n) is 1.46. The third kappa shape index (κ3) is 1.59. The van der Waals surface area contributed by atoms with Crippen LogP contribution in [0.2, 0.25) is 0 Å². The maximum atomic E-state index is 10.8. The van der Waals surface area contributed by atoms with Crippen LogP contribution in [0.4, 0.5) is 5.69 Å². The number of pyridine rings is 1. The second-order valence-corrected chi connectivity index (χ2v) is 4.39. The second kappa shape index (κ2) is 3.28. The van der Waals surface area contributed by atoms with E-state index in [1.54, 1.807) is 0 Å². The molecule has 1 heterocycles. The molecule has 1 saturated carbocycles. The molecule has 0 spiro atoms. The monoisotopic (exact) mass is 267 g/mol. The van der Waals surface area contributed by atoms with Crippen molar-refractivity contribution >= 4 is 21.6 Å². The van der Waals surface area contributed by atoms with E-state index in [1.807, 2.05) is 0 Å². The Kier molecular flexibility index (Phi) is 2.20. The third-order valence-corrected chi connectivity index (χ3v) is 2.88. The molecule has 76 valence electrons. The molecule has 1 fully saturated rings. The van der Waals surface area contributed by atoms with Gasteiger partial charge in [0.2, 0.25) is 0 Å². The van der Waals surface area contributed by atoms with Crippen LogP contribution < -0.4 is 0 Å². The molecular formula is C9H6BrN3O2. The average molecular weight is 268 g/mol. The van der Waals surface area contributed by atoms with Gasteiger partial charge < -0.3 is 0 Å². The van der Waals surface area contributed by atoms with E-state index in [0.717, 1.165) is 0 Å². The number of halogens is 1. The predicted octanol–water partition coefficient (Wildman–Crippen LogP) is 2.31. The topological polar surface area (TPSA) is 79.8 Å². The van der Waals surface area contributed by atoms with Gasteiger partial charge in [-0.25, -0.2) is 0 Å². The van der Waals surface area contributed by atoms with Crippen LogP contribution in [0.25, 0.3) is 0 Å². The van der Waals surface area contributed by atoms with Crippen molar-refractivity contribution in [2.24, 2.45) is 0 Å². The lowest BCUT2D eigenvalue weighted by Gasteiger charge is -2.05. The summed E-state index contributed by atoms with van der Waals surface area (Å²) in [4.78, 5) is 14.3. The standard InChI is InChI=1S/C9H6BrN3O2/c10-6-3-7(13(14)15)8(12-4-6)9(5-11)1-2-9/h3-4H,1-2H2. The molecule has 0 amide bonds. The summed E-state index contributed by atoms with van der Waals surface area (Å²) in [6.07, 6.45) is 2.79. The van der Waals surface area contributed by atoms with Gasteiger partial charge >= 0.3 is 0 Å². The highest BCUT2D eigenvalue weighted by Gasteiger charge is 2.50. The summed E-state index contributed by atoms with van der Waals surface area (Å²) in [5.41, 5.74) is -0.509. The lowest BCUT2D eigenvalue weighted by molar-refractivity contribution is -0.386. The van der Waals surface area contributed by atoms with E-state index in [2.05, 4.69) is 27.0 Å². The molecule has 1 aliphatic carbocycles. The molecule has 0 aliphatic heterocycles. The van der Waals surface area contributed by atoms with Crippen molar-refractivity contribution in [3.05, 3.63) is 32.5 Å². The zero-order valence-corrected chi connectivity index (χ0v) is 9.19. The molecule has 5 nitrogen and oxygen atoms in total. The van der Waals surface area contributed by atoms with Gasteiger partial charge in [-0.15, -0.1) is 0 Å². The Hall–Kier alpha value is -1.48. The Morgan fingerprint density at radius 2 is 2.33 bits per heavy atom. The first-order chi connectivity index (χ1) is 7.09. The van der Waals surface area contributed by atoms with Crippen LogP contribution >= 0.6 is 15.9 Å². The van der Waals surface area contributed by atoms with Gasteiger partial charge in [-0.1, -0.05) is 0 Å². The summed E-state index contributed by atoms with van der Waals surface area (Å²) in [6, 6.07) is 3.49. The molecule has 0 atom stereocenters. The Morgan fingerprint density at radius 3 is 2.80 bits per heavy atom. The molecule has 0 unspecified atom stereocenters. The molecule has 0 radical (unpaired) electrons. The Morgan fingerprint density at radius 1 is 1.67 bits per heavy atom. The smallest absolute Gasteiger partial charge is 0.258 e. The Labute approximate surface area is 94.0 Å². The highest BCUT2D eigenvalue weighted by molar-refractivity contribution is 9.10. The van der Waals surface area contributed by atoms with Crippen molar-refractivity contribution in [3.8, 4) is 6.07 Å². The molecule has 1 aliphatic rings. The number of hydrogen-bond acceptors (Lipinski definition) is 4. The third-order valence-electron chi connectivity index (χ3n) is 2.45. The molecule has 6 heteroatoms. The summed E-state index contributed by atoms with van der Waals surface area (Å²) in [6.45, 7) is 0. The number of rotatable bonds is 2. The number of nitriles is 1. The summed E-state index contributed by atoms with van der Waals surface area (Å²) in [5.74, 6) is 0. The van der Waals surface area contributed by atoms with Gasteiger partial charge in [0.15, 0.2) is 0 Å². The normalized spacial score (nSPS) is 16.8. The van der Waals surface area contributed by atoms with Crippen LogP contribution in [0.5, 0.6) is 0 Å². The minimum Gasteiger partial charge on any atom is -0.258 e. The highest BCUT2D eigenvalue weighted by atomic mass is 79.9. The van der Waals surface area contributed by atoms with Crippen molar-refractivity contribution in [3.63, 3.8) is 0 Å². The van der Waals surface area contributed by atoms with Crippen molar-refractivity contribution in [1.82, 2.24) is 4.98 Å². The van der Waals surface area contributed by atoms with Gasteiger partial charge in [-0.3, -0.25) is 15.1 Å². The van der Waals surface area contributed by atoms with Crippen LogP contribution in [0.3, 0.4) is 0 Å². The summed E-state index contributed by atoms with van der Waals surface area (Å²) in [5, 5.41) is 19.8. The van der Waals surface area contributed by atoms with E-state index < -0.39 is 10.3 Å². The van der Waals surface area contributed by atoms with E-state index in [0.29, 0.717) is 23.0 Å². The first-order valence-electron chi connectivity index (χ1n) is 4.31. The van der Waals surface area contributed by atoms with E-state index >= 15 is 0 Å². The quantitative estimate of drug-likeness (QED) is 0.608. The molecular weight excluding hydrogens is 262 g/mol. The minimum atomic E-state index is -0.719. The molecule has 1 aromatic rings. The molecule has 2 rings (SSSR count). The molecule has 0 aromatic carbocycles. The number of hydrogen-bond donors (Lipinski definition) is 0. The maximum Gasteiger partial charge on any atom is 0.293 e. The van der Waals surface area contributed by atoms with Gasteiger partial charge in [0.1, 0.15) is 11.1 Å². The number of aromatic nitrogens is 1. The lowest BCUT2D eigenvalue weighted by Crippen LogP contribution is -2.09.